The highest BCUT2D eigenvalue weighted by molar-refractivity contribution is 5.91. The molecular weight excluding hydrogens is 256 g/mol. The molecule has 0 aliphatic heterocycles. The van der Waals surface area contributed by atoms with Gasteiger partial charge >= 0.3 is 11.7 Å². The van der Waals surface area contributed by atoms with E-state index in [1.807, 2.05) is 20.8 Å². The number of hydrogen-bond donors (Lipinski definition) is 3. The summed E-state index contributed by atoms with van der Waals surface area (Å²) in [6.07, 6.45) is 0. The standard InChI is InChI=1S/C14H20N4O2/c1-14(2,3)8-15-12(19)16-9-5-6-11-10(7-9)17-13(20)18(11)4/h5-7H,8H2,1-4H3,(H,17,20)(H2,15,16,19). The maximum Gasteiger partial charge on any atom is 0.326 e. The molecule has 2 aromatic rings. The summed E-state index contributed by atoms with van der Waals surface area (Å²) in [6, 6.07) is 5.06. The number of aryl methyl sites for hydroxylation is 1. The van der Waals surface area contributed by atoms with E-state index in [9.17, 15) is 9.59 Å². The minimum absolute atomic E-state index is 0.0337. The molecular formula is C14H20N4O2. The van der Waals surface area contributed by atoms with Gasteiger partial charge in [-0.25, -0.2) is 9.59 Å². The number of anilines is 1. The highest BCUT2D eigenvalue weighted by atomic mass is 16.2. The molecule has 1 aromatic heterocycles. The number of imidazole rings is 1. The van der Waals surface area contributed by atoms with E-state index in [-0.39, 0.29) is 17.1 Å². The zero-order chi connectivity index (χ0) is 14.9. The Morgan fingerprint density at radius 3 is 2.70 bits per heavy atom. The summed E-state index contributed by atoms with van der Waals surface area (Å²) in [5.74, 6) is 0. The first-order valence-electron chi connectivity index (χ1n) is 6.50. The van der Waals surface area contributed by atoms with Gasteiger partial charge in [-0.1, -0.05) is 20.8 Å². The Labute approximate surface area is 117 Å². The zero-order valence-electron chi connectivity index (χ0n) is 12.2. The van der Waals surface area contributed by atoms with Gasteiger partial charge in [-0.05, 0) is 23.6 Å². The molecule has 0 unspecified atom stereocenters. The first kappa shape index (κ1) is 14.2. The molecule has 0 saturated carbocycles. The number of carbonyl (C=O) groups excluding carboxylic acids is 1. The van der Waals surface area contributed by atoms with Crippen LogP contribution in [0.4, 0.5) is 10.5 Å². The minimum atomic E-state index is -0.252. The number of H-pyrrole nitrogens is 1. The first-order valence-corrected chi connectivity index (χ1v) is 6.50. The number of amides is 2. The monoisotopic (exact) mass is 276 g/mol. The van der Waals surface area contributed by atoms with Crippen LogP contribution in [0.2, 0.25) is 0 Å². The lowest BCUT2D eigenvalue weighted by molar-refractivity contribution is 0.247. The van der Waals surface area contributed by atoms with Gasteiger partial charge in [0.1, 0.15) is 0 Å². The average molecular weight is 276 g/mol. The number of rotatable bonds is 2. The van der Waals surface area contributed by atoms with Crippen molar-refractivity contribution in [3.63, 3.8) is 0 Å². The molecule has 0 spiro atoms. The van der Waals surface area contributed by atoms with Crippen molar-refractivity contribution in [2.45, 2.75) is 20.8 Å². The van der Waals surface area contributed by atoms with Crippen LogP contribution < -0.4 is 16.3 Å². The maximum atomic E-state index is 11.8. The number of fused-ring (bicyclic) bond motifs is 1. The quantitative estimate of drug-likeness (QED) is 0.784. The van der Waals surface area contributed by atoms with Crippen LogP contribution in [0.25, 0.3) is 11.0 Å². The largest absolute Gasteiger partial charge is 0.337 e. The smallest absolute Gasteiger partial charge is 0.326 e. The van der Waals surface area contributed by atoms with E-state index in [0.717, 1.165) is 5.52 Å². The fourth-order valence-electron chi connectivity index (χ4n) is 1.84. The Morgan fingerprint density at radius 1 is 1.35 bits per heavy atom. The summed E-state index contributed by atoms with van der Waals surface area (Å²) < 4.78 is 1.53. The van der Waals surface area contributed by atoms with Gasteiger partial charge in [-0.2, -0.15) is 0 Å². The van der Waals surface area contributed by atoms with Crippen LogP contribution in [0.5, 0.6) is 0 Å². The van der Waals surface area contributed by atoms with Crippen molar-refractivity contribution in [2.24, 2.45) is 12.5 Å². The minimum Gasteiger partial charge on any atom is -0.337 e. The molecule has 0 saturated heterocycles. The van der Waals surface area contributed by atoms with Crippen molar-refractivity contribution in [3.8, 4) is 0 Å². The first-order chi connectivity index (χ1) is 9.26. The highest BCUT2D eigenvalue weighted by Gasteiger charge is 2.12. The van der Waals surface area contributed by atoms with Crippen LogP contribution in [-0.2, 0) is 7.05 Å². The Morgan fingerprint density at radius 2 is 2.05 bits per heavy atom. The molecule has 0 atom stereocenters. The van der Waals surface area contributed by atoms with Crippen molar-refractivity contribution in [1.29, 1.82) is 0 Å². The second-order valence-corrected chi connectivity index (χ2v) is 6.09. The van der Waals surface area contributed by atoms with Crippen LogP contribution >= 0.6 is 0 Å². The van der Waals surface area contributed by atoms with Crippen molar-refractivity contribution in [1.82, 2.24) is 14.9 Å². The van der Waals surface area contributed by atoms with Gasteiger partial charge in [-0.3, -0.25) is 4.57 Å². The number of benzene rings is 1. The third-order valence-electron chi connectivity index (χ3n) is 2.94. The van der Waals surface area contributed by atoms with Crippen molar-refractivity contribution in [2.75, 3.05) is 11.9 Å². The van der Waals surface area contributed by atoms with E-state index >= 15 is 0 Å². The SMILES string of the molecule is Cn1c(=O)[nH]c2cc(NC(=O)NCC(C)(C)C)ccc21. The second-order valence-electron chi connectivity index (χ2n) is 6.09. The molecule has 3 N–H and O–H groups in total. The molecule has 1 aromatic carbocycles. The lowest BCUT2D eigenvalue weighted by atomic mass is 9.97. The van der Waals surface area contributed by atoms with E-state index in [1.54, 1.807) is 25.2 Å². The fourth-order valence-corrected chi connectivity index (χ4v) is 1.84. The molecule has 0 fully saturated rings. The van der Waals surface area contributed by atoms with Gasteiger partial charge in [0.2, 0.25) is 0 Å². The number of hydrogen-bond acceptors (Lipinski definition) is 2. The van der Waals surface area contributed by atoms with E-state index in [0.29, 0.717) is 17.7 Å². The number of nitrogens with one attached hydrogen (secondary N) is 3. The molecule has 0 aliphatic rings. The highest BCUT2D eigenvalue weighted by Crippen LogP contribution is 2.16. The molecule has 0 aliphatic carbocycles. The van der Waals surface area contributed by atoms with Gasteiger partial charge in [0.25, 0.3) is 0 Å². The molecule has 20 heavy (non-hydrogen) atoms. The number of nitrogens with zero attached hydrogens (tertiary/aromatic N) is 1. The Kier molecular flexibility index (Phi) is 3.57. The predicted molar refractivity (Wildman–Crippen MR) is 80.0 cm³/mol. The van der Waals surface area contributed by atoms with Crippen molar-refractivity contribution in [3.05, 3.63) is 28.7 Å². The number of aromatic amines is 1. The van der Waals surface area contributed by atoms with Crippen LogP contribution in [0, 0.1) is 5.41 Å². The van der Waals surface area contributed by atoms with Crippen molar-refractivity contribution >= 4 is 22.8 Å². The zero-order valence-corrected chi connectivity index (χ0v) is 12.2. The maximum absolute atomic E-state index is 11.8. The molecule has 1 heterocycles. The molecule has 2 rings (SSSR count). The Hall–Kier alpha value is -2.24. The normalized spacial score (nSPS) is 11.6. The van der Waals surface area contributed by atoms with Crippen LogP contribution in [0.15, 0.2) is 23.0 Å². The number of carbonyl (C=O) groups is 1. The van der Waals surface area contributed by atoms with Gasteiger partial charge < -0.3 is 15.6 Å². The van der Waals surface area contributed by atoms with Gasteiger partial charge in [-0.15, -0.1) is 0 Å². The molecule has 2 amide bonds. The van der Waals surface area contributed by atoms with E-state index < -0.39 is 0 Å². The average Bonchev–Trinajstić information content (AvgIpc) is 2.61. The summed E-state index contributed by atoms with van der Waals surface area (Å²) in [7, 11) is 1.70. The van der Waals surface area contributed by atoms with Crippen LogP contribution in [-0.4, -0.2) is 22.1 Å². The molecule has 108 valence electrons. The van der Waals surface area contributed by atoms with Gasteiger partial charge in [0.05, 0.1) is 11.0 Å². The number of aromatic nitrogens is 2. The summed E-state index contributed by atoms with van der Waals surface area (Å²) in [5, 5.41) is 5.56. The lowest BCUT2D eigenvalue weighted by Crippen LogP contribution is -2.35. The van der Waals surface area contributed by atoms with E-state index in [2.05, 4.69) is 15.6 Å². The van der Waals surface area contributed by atoms with Crippen LogP contribution in [0.3, 0.4) is 0 Å². The molecule has 0 bridgehead atoms. The van der Waals surface area contributed by atoms with E-state index in [4.69, 9.17) is 0 Å². The molecule has 0 radical (unpaired) electrons. The molecule has 6 heteroatoms. The summed E-state index contributed by atoms with van der Waals surface area (Å²) in [4.78, 5) is 26.0. The van der Waals surface area contributed by atoms with Gasteiger partial charge in [0, 0.05) is 19.3 Å². The Bertz CT molecular complexity index is 691. The summed E-state index contributed by atoms with van der Waals surface area (Å²) in [5.41, 5.74) is 2.01. The van der Waals surface area contributed by atoms with Gasteiger partial charge in [0.15, 0.2) is 0 Å². The third-order valence-corrected chi connectivity index (χ3v) is 2.94. The summed E-state index contributed by atoms with van der Waals surface area (Å²) in [6.45, 7) is 6.74. The second kappa shape index (κ2) is 5.03. The predicted octanol–water partition coefficient (Wildman–Crippen LogP) is 2.03. The molecule has 6 nitrogen and oxygen atoms in total. The third kappa shape index (κ3) is 3.20. The van der Waals surface area contributed by atoms with Crippen molar-refractivity contribution < 1.29 is 4.79 Å². The topological polar surface area (TPSA) is 78.9 Å². The fraction of sp³-hybridized carbons (Fsp3) is 0.429. The Balaban J connectivity index is 2.10. The van der Waals surface area contributed by atoms with Crippen LogP contribution in [0.1, 0.15) is 20.8 Å². The number of urea groups is 1. The summed E-state index contributed by atoms with van der Waals surface area (Å²) >= 11 is 0. The van der Waals surface area contributed by atoms with E-state index in [1.165, 1.54) is 4.57 Å². The lowest BCUT2D eigenvalue weighted by Gasteiger charge is -2.18.